The summed E-state index contributed by atoms with van der Waals surface area (Å²) in [6.07, 6.45) is 5.66. The van der Waals surface area contributed by atoms with Gasteiger partial charge in [0.25, 0.3) is 6.33 Å². The van der Waals surface area contributed by atoms with Crippen molar-refractivity contribution in [3.8, 4) is 50.9 Å². The molecule has 0 radical (unpaired) electrons. The van der Waals surface area contributed by atoms with Crippen LogP contribution in [0.5, 0.6) is 11.5 Å². The van der Waals surface area contributed by atoms with Gasteiger partial charge in [-0.1, -0.05) is 186 Å². The Morgan fingerprint density at radius 1 is 0.557 bits per heavy atom. The Labute approximate surface area is 436 Å². The first-order valence-corrected chi connectivity index (χ1v) is 23.8. The quantitative estimate of drug-likeness (QED) is 0.118. The first-order valence-electron chi connectivity index (χ1n) is 26.3. The first kappa shape index (κ1) is 42.3. The van der Waals surface area contributed by atoms with Gasteiger partial charge >= 0.3 is 0 Å². The van der Waals surface area contributed by atoms with E-state index < -0.39 is 18.1 Å². The summed E-state index contributed by atoms with van der Waals surface area (Å²) in [5, 5.41) is 2.11. The minimum Gasteiger partial charge on any atom is -0.510 e. The van der Waals surface area contributed by atoms with E-state index in [-0.39, 0.29) is 60.4 Å². The van der Waals surface area contributed by atoms with Crippen molar-refractivity contribution < 1.29 is 37.2 Å². The summed E-state index contributed by atoms with van der Waals surface area (Å²) >= 11 is 0. The van der Waals surface area contributed by atoms with Crippen molar-refractivity contribution in [1.29, 1.82) is 0 Å². The number of aromatic nitrogens is 4. The summed E-state index contributed by atoms with van der Waals surface area (Å²) in [5.74, 6) is 1.74. The topological polar surface area (TPSA) is 35.9 Å². The molecular weight excluding hydrogens is 1040 g/mol. The maximum atomic E-state index is 8.98. The molecule has 70 heavy (non-hydrogen) atoms. The largest absolute Gasteiger partial charge is 0.510 e. The van der Waals surface area contributed by atoms with Crippen molar-refractivity contribution in [2.45, 2.75) is 105 Å². The molecule has 3 heterocycles. The second-order valence-electron chi connectivity index (χ2n) is 22.3. The van der Waals surface area contributed by atoms with Gasteiger partial charge < -0.3 is 13.9 Å². The number of ether oxygens (including phenoxy) is 1. The first-order chi connectivity index (χ1) is 34.8. The molecule has 0 amide bonds. The summed E-state index contributed by atoms with van der Waals surface area (Å²) in [4.78, 5) is 4.86. The molecule has 6 heteroatoms. The van der Waals surface area contributed by atoms with Gasteiger partial charge in [0.1, 0.15) is 5.82 Å². The fourth-order valence-electron chi connectivity index (χ4n) is 9.18. The fraction of sp³-hybridized carbons (Fsp3) is 0.250. The standard InChI is InChI=1S/C64H62N4O.Pt/c1-61(2,3)45-23-18-22-44(34-45)53-36-47(63(7,8)9)37-54(64(10,11)12)60(53)67-41-66(58-35-43(28-31-56(58)67)42-20-14-13-15-21-42)48-24-19-25-49(39-48)69-50-29-30-52-51-26-16-17-27-55(51)68(57(52)40-50)59-38-46(32-33-65-59)62(4,5)6;/h13-38H,1-12H3;/q-2;/i13D,14D,15D,20D,21D;. The molecule has 0 N–H and O–H groups in total. The smallest absolute Gasteiger partial charge is 0.268 e. The predicted molar refractivity (Wildman–Crippen MR) is 286 cm³/mol. The molecule has 0 unspecified atom stereocenters. The van der Waals surface area contributed by atoms with Crippen LogP contribution in [-0.4, -0.2) is 14.1 Å². The second-order valence-corrected chi connectivity index (χ2v) is 22.3. The molecule has 3 aromatic heterocycles. The Morgan fingerprint density at radius 3 is 1.99 bits per heavy atom. The number of hydrogen-bond acceptors (Lipinski definition) is 2. The predicted octanol–water partition coefficient (Wildman–Crippen LogP) is 16.1. The third-order valence-electron chi connectivity index (χ3n) is 13.1. The number of hydrogen-bond donors (Lipinski definition) is 0. The Kier molecular flexibility index (Phi) is 10.9. The average molecular weight is 1100 g/mol. The van der Waals surface area contributed by atoms with Gasteiger partial charge in [0.2, 0.25) is 0 Å². The van der Waals surface area contributed by atoms with Gasteiger partial charge in [0.15, 0.2) is 0 Å². The summed E-state index contributed by atoms with van der Waals surface area (Å²) in [5.41, 5.74) is 11.7. The summed E-state index contributed by atoms with van der Waals surface area (Å²) < 4.78 is 56.4. The zero-order chi connectivity index (χ0) is 53.0. The third kappa shape index (κ3) is 9.17. The van der Waals surface area contributed by atoms with Crippen LogP contribution < -0.4 is 9.30 Å². The maximum Gasteiger partial charge on any atom is 0.268 e. The van der Waals surface area contributed by atoms with Gasteiger partial charge in [-0.2, -0.15) is 18.2 Å². The van der Waals surface area contributed by atoms with E-state index in [0.29, 0.717) is 28.3 Å². The number of nitrogens with zero attached hydrogens (tertiary/aromatic N) is 4. The Hall–Kier alpha value is -6.55. The number of benzene rings is 7. The number of para-hydroxylation sites is 1. The molecule has 0 spiro atoms. The van der Waals surface area contributed by atoms with E-state index in [1.807, 2.05) is 65.4 Å². The van der Waals surface area contributed by atoms with Gasteiger partial charge in [-0.25, -0.2) is 4.98 Å². The molecule has 0 aliphatic carbocycles. The van der Waals surface area contributed by atoms with Crippen LogP contribution in [0.3, 0.4) is 0 Å². The molecule has 0 bridgehead atoms. The van der Waals surface area contributed by atoms with Gasteiger partial charge in [0, 0.05) is 44.3 Å². The van der Waals surface area contributed by atoms with Crippen molar-refractivity contribution in [3.63, 3.8) is 0 Å². The van der Waals surface area contributed by atoms with Crippen LogP contribution >= 0.6 is 0 Å². The molecule has 10 aromatic rings. The van der Waals surface area contributed by atoms with E-state index in [1.165, 1.54) is 16.7 Å². The molecule has 0 saturated carbocycles. The average Bonchev–Trinajstić information content (AvgIpc) is 3.89. The minimum absolute atomic E-state index is 0. The van der Waals surface area contributed by atoms with Crippen LogP contribution in [0, 0.1) is 18.5 Å². The van der Waals surface area contributed by atoms with Crippen LogP contribution in [0.25, 0.3) is 72.3 Å². The van der Waals surface area contributed by atoms with Gasteiger partial charge in [0.05, 0.1) is 23.6 Å². The van der Waals surface area contributed by atoms with Crippen LogP contribution in [0.4, 0.5) is 0 Å². The molecule has 0 aliphatic heterocycles. The van der Waals surface area contributed by atoms with Crippen molar-refractivity contribution >= 4 is 32.8 Å². The number of imidazole rings is 1. The zero-order valence-corrected chi connectivity index (χ0v) is 44.4. The third-order valence-corrected chi connectivity index (χ3v) is 13.1. The van der Waals surface area contributed by atoms with Crippen LogP contribution in [0.2, 0.25) is 0 Å². The maximum absolute atomic E-state index is 8.98. The van der Waals surface area contributed by atoms with E-state index >= 15 is 0 Å². The van der Waals surface area contributed by atoms with E-state index in [0.717, 1.165) is 55.5 Å². The van der Waals surface area contributed by atoms with Crippen molar-refractivity contribution in [3.05, 3.63) is 198 Å². The molecule has 0 fully saturated rings. The summed E-state index contributed by atoms with van der Waals surface area (Å²) in [6.45, 7) is 26.8. The summed E-state index contributed by atoms with van der Waals surface area (Å²) in [6, 6.07) is 46.8. The van der Waals surface area contributed by atoms with E-state index in [1.54, 1.807) is 0 Å². The monoisotopic (exact) mass is 1100 g/mol. The van der Waals surface area contributed by atoms with Gasteiger partial charge in [-0.15, -0.1) is 29.7 Å². The van der Waals surface area contributed by atoms with E-state index in [9.17, 15) is 0 Å². The molecule has 0 atom stereocenters. The molecule has 5 nitrogen and oxygen atoms in total. The van der Waals surface area contributed by atoms with Crippen molar-refractivity contribution in [2.24, 2.45) is 0 Å². The zero-order valence-electron chi connectivity index (χ0n) is 47.1. The molecule has 0 aliphatic rings. The molecule has 356 valence electrons. The van der Waals surface area contributed by atoms with E-state index in [4.69, 9.17) is 16.6 Å². The number of rotatable bonds is 7. The van der Waals surface area contributed by atoms with Gasteiger partial charge in [-0.05, 0) is 102 Å². The Morgan fingerprint density at radius 2 is 1.26 bits per heavy atom. The molecule has 7 aromatic carbocycles. The van der Waals surface area contributed by atoms with Crippen LogP contribution in [0.1, 0.15) is 112 Å². The normalized spacial score (nSPS) is 13.5. The second kappa shape index (κ2) is 18.0. The van der Waals surface area contributed by atoms with Crippen LogP contribution in [0.15, 0.2) is 158 Å². The minimum atomic E-state index is -0.438. The Balaban J connectivity index is 0.00000689. The van der Waals surface area contributed by atoms with E-state index in [2.05, 4.69) is 177 Å². The van der Waals surface area contributed by atoms with Crippen molar-refractivity contribution in [1.82, 2.24) is 14.1 Å². The number of pyridine rings is 1. The fourth-order valence-corrected chi connectivity index (χ4v) is 9.18. The SMILES string of the molecule is [2H]c1c([2H])c([2H])c(-c2ccc3c(c2)n(-c2[c-]c(Oc4[c-]c5c(cc4)c4ccccc4n5-c4cc(C(C)(C)C)ccn4)ccc2)[c-][n+]3-c2c(-c3cccc(C(C)(C)C)c3)cc(C(C)(C)C)cc2C(C)(C)C)c([2H])c1[2H].[Pt]. The van der Waals surface area contributed by atoms with Crippen LogP contribution in [-0.2, 0) is 42.7 Å². The molecular formula is C64H62N4OPt-2. The summed E-state index contributed by atoms with van der Waals surface area (Å²) in [7, 11) is 0. The van der Waals surface area contributed by atoms with Crippen molar-refractivity contribution in [2.75, 3.05) is 0 Å². The molecule has 10 rings (SSSR count). The number of fused-ring (bicyclic) bond motifs is 4. The molecule has 0 saturated heterocycles. The Bertz CT molecular complexity index is 3850. The van der Waals surface area contributed by atoms with Gasteiger partial charge in [-0.3, -0.25) is 4.57 Å².